The van der Waals surface area contributed by atoms with E-state index in [1.807, 2.05) is 35.5 Å². The molecule has 0 saturated heterocycles. The van der Waals surface area contributed by atoms with Crippen molar-refractivity contribution in [3.63, 3.8) is 0 Å². The maximum Gasteiger partial charge on any atom is 0.123 e. The fourth-order valence-corrected chi connectivity index (χ4v) is 3.86. The number of aryl methyl sites for hydroxylation is 1. The zero-order valence-electron chi connectivity index (χ0n) is 14.9. The molecule has 0 atom stereocenters. The van der Waals surface area contributed by atoms with Crippen molar-refractivity contribution in [2.75, 3.05) is 5.01 Å². The molecule has 5 heteroatoms. The molecule has 0 unspecified atom stereocenters. The zero-order valence-corrected chi connectivity index (χ0v) is 14.9. The van der Waals surface area contributed by atoms with Crippen LogP contribution in [0.4, 0.5) is 10.1 Å². The number of rotatable bonds is 3. The Balaban J connectivity index is 1.68. The Morgan fingerprint density at radius 1 is 0.889 bits per heavy atom. The van der Waals surface area contributed by atoms with Crippen LogP contribution in [0.15, 0.2) is 72.9 Å². The predicted molar refractivity (Wildman–Crippen MR) is 108 cm³/mol. The van der Waals surface area contributed by atoms with Crippen LogP contribution in [-0.4, -0.2) is 4.57 Å². The van der Waals surface area contributed by atoms with E-state index in [-0.39, 0.29) is 5.82 Å². The molecular formula is C22H19FN4. The highest BCUT2D eigenvalue weighted by Crippen LogP contribution is 2.34. The van der Waals surface area contributed by atoms with Crippen molar-refractivity contribution in [3.8, 4) is 0 Å². The van der Waals surface area contributed by atoms with Crippen molar-refractivity contribution in [1.82, 2.24) is 15.5 Å². The number of nitrogens with one attached hydrogen (secondary N) is 2. The number of hydrogen-bond acceptors (Lipinski definition) is 3. The van der Waals surface area contributed by atoms with Crippen LogP contribution < -0.4 is 16.0 Å². The number of anilines is 1. The molecule has 2 heterocycles. The van der Waals surface area contributed by atoms with Crippen LogP contribution in [0.1, 0.15) is 12.5 Å². The molecule has 134 valence electrons. The maximum absolute atomic E-state index is 13.9. The number of halogens is 1. The minimum Gasteiger partial charge on any atom is -0.341 e. The normalized spacial score (nSPS) is 14.0. The van der Waals surface area contributed by atoms with E-state index in [0.29, 0.717) is 0 Å². The van der Waals surface area contributed by atoms with Crippen LogP contribution in [-0.2, 0) is 6.54 Å². The quantitative estimate of drug-likeness (QED) is 0.553. The van der Waals surface area contributed by atoms with E-state index in [1.165, 1.54) is 6.07 Å². The van der Waals surface area contributed by atoms with Gasteiger partial charge in [-0.25, -0.2) is 4.39 Å². The van der Waals surface area contributed by atoms with Crippen molar-refractivity contribution in [3.05, 3.63) is 84.3 Å². The predicted octanol–water partition coefficient (Wildman–Crippen LogP) is 4.78. The second kappa shape index (κ2) is 6.14. The van der Waals surface area contributed by atoms with Gasteiger partial charge in [0.15, 0.2) is 0 Å². The van der Waals surface area contributed by atoms with Gasteiger partial charge in [-0.05, 0) is 43.3 Å². The lowest BCUT2D eigenvalue weighted by Gasteiger charge is -2.21. The highest BCUT2D eigenvalue weighted by molar-refractivity contribution is 6.09. The Morgan fingerprint density at radius 3 is 2.41 bits per heavy atom. The molecule has 5 rings (SSSR count). The lowest BCUT2D eigenvalue weighted by atomic mass is 10.1. The lowest BCUT2D eigenvalue weighted by Crippen LogP contribution is -2.37. The van der Waals surface area contributed by atoms with Crippen molar-refractivity contribution in [1.29, 1.82) is 0 Å². The van der Waals surface area contributed by atoms with E-state index < -0.39 is 0 Å². The Bertz CT molecular complexity index is 1180. The Kier molecular flexibility index (Phi) is 3.62. The van der Waals surface area contributed by atoms with Gasteiger partial charge >= 0.3 is 0 Å². The lowest BCUT2D eigenvalue weighted by molar-refractivity contribution is 0.629. The third kappa shape index (κ3) is 2.47. The molecule has 1 aromatic heterocycles. The minimum absolute atomic E-state index is 0.214. The molecule has 0 spiro atoms. The number of hydrazine groups is 2. The van der Waals surface area contributed by atoms with Gasteiger partial charge in [0.2, 0.25) is 0 Å². The Labute approximate surface area is 156 Å². The Morgan fingerprint density at radius 2 is 1.63 bits per heavy atom. The summed E-state index contributed by atoms with van der Waals surface area (Å²) in [6, 6.07) is 21.5. The van der Waals surface area contributed by atoms with Gasteiger partial charge in [-0.3, -0.25) is 5.01 Å². The molecular weight excluding hydrogens is 339 g/mol. The van der Waals surface area contributed by atoms with Gasteiger partial charge in [0.25, 0.3) is 0 Å². The number of fused-ring (bicyclic) bond motifs is 3. The molecule has 2 N–H and O–H groups in total. The summed E-state index contributed by atoms with van der Waals surface area (Å²) in [5, 5.41) is 3.99. The molecule has 27 heavy (non-hydrogen) atoms. The summed E-state index contributed by atoms with van der Waals surface area (Å²) in [6.07, 6.45) is 1.94. The molecule has 0 fully saturated rings. The zero-order chi connectivity index (χ0) is 18.4. The van der Waals surface area contributed by atoms with Crippen molar-refractivity contribution < 1.29 is 4.39 Å². The third-order valence-corrected chi connectivity index (χ3v) is 5.08. The third-order valence-electron chi connectivity index (χ3n) is 5.08. The van der Waals surface area contributed by atoms with E-state index in [4.69, 9.17) is 0 Å². The van der Waals surface area contributed by atoms with Gasteiger partial charge in [-0.2, -0.15) is 0 Å². The molecule has 0 saturated carbocycles. The fourth-order valence-electron chi connectivity index (χ4n) is 3.86. The fraction of sp³-hybridized carbons (Fsp3) is 0.0909. The largest absolute Gasteiger partial charge is 0.341 e. The summed E-state index contributed by atoms with van der Waals surface area (Å²) in [6.45, 7) is 2.95. The smallest absolute Gasteiger partial charge is 0.123 e. The maximum atomic E-state index is 13.9. The molecule has 1 aliphatic heterocycles. The summed E-state index contributed by atoms with van der Waals surface area (Å²) < 4.78 is 16.1. The first kappa shape index (κ1) is 15.9. The number of nitrogens with zero attached hydrogens (tertiary/aromatic N) is 2. The van der Waals surface area contributed by atoms with Crippen molar-refractivity contribution >= 4 is 33.2 Å². The minimum atomic E-state index is -0.214. The van der Waals surface area contributed by atoms with E-state index in [9.17, 15) is 4.39 Å². The van der Waals surface area contributed by atoms with Crippen LogP contribution >= 0.6 is 0 Å². The standard InChI is InChI=1S/C22H19FN4/c1-2-26-20-10-8-16(23)12-18(20)19-13-17(9-11-21(19)26)27-22(14-24-25-27)15-6-4-3-5-7-15/h3-14,24-25H,2H2,1H3. The summed E-state index contributed by atoms with van der Waals surface area (Å²) in [5.74, 6) is -0.214. The second-order valence-electron chi connectivity index (χ2n) is 6.59. The topological polar surface area (TPSA) is 32.2 Å². The molecule has 0 radical (unpaired) electrons. The van der Waals surface area contributed by atoms with E-state index in [2.05, 4.69) is 52.8 Å². The molecule has 4 nitrogen and oxygen atoms in total. The van der Waals surface area contributed by atoms with Crippen LogP contribution in [0.25, 0.3) is 27.5 Å². The summed E-state index contributed by atoms with van der Waals surface area (Å²) in [4.78, 5) is 0. The first-order chi connectivity index (χ1) is 13.3. The average Bonchev–Trinajstić information content (AvgIpc) is 3.31. The van der Waals surface area contributed by atoms with Gasteiger partial charge in [-0.15, -0.1) is 5.53 Å². The number of hydrogen-bond donors (Lipinski definition) is 2. The van der Waals surface area contributed by atoms with Gasteiger partial charge in [0.05, 0.1) is 11.4 Å². The number of benzene rings is 3. The van der Waals surface area contributed by atoms with Gasteiger partial charge in [-0.1, -0.05) is 30.3 Å². The molecule has 3 aromatic carbocycles. The van der Waals surface area contributed by atoms with E-state index >= 15 is 0 Å². The second-order valence-corrected chi connectivity index (χ2v) is 6.59. The monoisotopic (exact) mass is 358 g/mol. The van der Waals surface area contributed by atoms with Gasteiger partial charge in [0.1, 0.15) is 5.82 Å². The highest BCUT2D eigenvalue weighted by Gasteiger charge is 2.20. The van der Waals surface area contributed by atoms with Crippen LogP contribution in [0.5, 0.6) is 0 Å². The summed E-state index contributed by atoms with van der Waals surface area (Å²) in [7, 11) is 0. The molecule has 0 aliphatic carbocycles. The molecule has 0 bridgehead atoms. The number of aromatic nitrogens is 1. The Hall–Kier alpha value is -3.31. The van der Waals surface area contributed by atoms with Crippen LogP contribution in [0.2, 0.25) is 0 Å². The summed E-state index contributed by atoms with van der Waals surface area (Å²) >= 11 is 0. The van der Waals surface area contributed by atoms with Crippen LogP contribution in [0, 0.1) is 5.82 Å². The van der Waals surface area contributed by atoms with Crippen molar-refractivity contribution in [2.24, 2.45) is 0 Å². The summed E-state index contributed by atoms with van der Waals surface area (Å²) in [5.41, 5.74) is 11.5. The van der Waals surface area contributed by atoms with Crippen molar-refractivity contribution in [2.45, 2.75) is 13.5 Å². The van der Waals surface area contributed by atoms with E-state index in [0.717, 1.165) is 45.3 Å². The van der Waals surface area contributed by atoms with Gasteiger partial charge < -0.3 is 9.99 Å². The molecule has 1 aliphatic rings. The first-order valence-corrected chi connectivity index (χ1v) is 9.04. The van der Waals surface area contributed by atoms with Crippen LogP contribution in [0.3, 0.4) is 0 Å². The average molecular weight is 358 g/mol. The molecule has 0 amide bonds. The molecule has 4 aromatic rings. The van der Waals surface area contributed by atoms with Gasteiger partial charge in [0, 0.05) is 40.1 Å². The first-order valence-electron chi connectivity index (χ1n) is 9.04. The van der Waals surface area contributed by atoms with E-state index in [1.54, 1.807) is 6.07 Å². The highest BCUT2D eigenvalue weighted by atomic mass is 19.1. The SMILES string of the molecule is CCn1c2ccc(F)cc2c2cc(N3NNC=C3c3ccccc3)ccc21.